The molecule has 0 aromatic carbocycles. The zero-order chi connectivity index (χ0) is 5.82. The van der Waals surface area contributed by atoms with Crippen molar-refractivity contribution < 1.29 is 9.47 Å². The van der Waals surface area contributed by atoms with Crippen LogP contribution in [0.2, 0.25) is 0 Å². The van der Waals surface area contributed by atoms with Gasteiger partial charge in [0.05, 0.1) is 19.8 Å². The Balaban J connectivity index is 2.13. The van der Waals surface area contributed by atoms with Crippen LogP contribution in [0.25, 0.3) is 0 Å². The van der Waals surface area contributed by atoms with E-state index in [9.17, 15) is 0 Å². The fourth-order valence-corrected chi connectivity index (χ4v) is 0.843. The first-order chi connectivity index (χ1) is 3.93. The quantitative estimate of drug-likeness (QED) is 0.507. The molecule has 0 aliphatic carbocycles. The second-order valence-electron chi connectivity index (χ2n) is 2.01. The number of hydrogen-bond acceptors (Lipinski definition) is 2. The van der Waals surface area contributed by atoms with Gasteiger partial charge in [0.2, 0.25) is 0 Å². The summed E-state index contributed by atoms with van der Waals surface area (Å²) in [6.07, 6.45) is 2.47. The van der Waals surface area contributed by atoms with Crippen molar-refractivity contribution in [1.29, 1.82) is 0 Å². The summed E-state index contributed by atoms with van der Waals surface area (Å²) in [6, 6.07) is 0. The van der Waals surface area contributed by atoms with Crippen LogP contribution in [0.1, 0.15) is 12.8 Å². The minimum atomic E-state index is 0.253. The third-order valence-electron chi connectivity index (χ3n) is 1.35. The van der Waals surface area contributed by atoms with Crippen LogP contribution in [-0.2, 0) is 9.47 Å². The van der Waals surface area contributed by atoms with Crippen molar-refractivity contribution in [1.82, 2.24) is 0 Å². The highest BCUT2D eigenvalue weighted by molar-refractivity contribution is 4.60. The Kier molecular flexibility index (Phi) is 2.30. The van der Waals surface area contributed by atoms with Gasteiger partial charge in [0.15, 0.2) is 0 Å². The zero-order valence-corrected chi connectivity index (χ0v) is 4.93. The molecule has 0 amide bonds. The van der Waals surface area contributed by atoms with Crippen LogP contribution in [0.3, 0.4) is 0 Å². The number of rotatable bonds is 1. The minimum Gasteiger partial charge on any atom is -0.379 e. The van der Waals surface area contributed by atoms with Crippen molar-refractivity contribution in [3.8, 4) is 0 Å². The normalized spacial score (nSPS) is 30.4. The van der Waals surface area contributed by atoms with Crippen molar-refractivity contribution in [2.75, 3.05) is 13.2 Å². The highest BCUT2D eigenvalue weighted by Gasteiger charge is 2.11. The topological polar surface area (TPSA) is 18.5 Å². The lowest BCUT2D eigenvalue weighted by Crippen LogP contribution is -2.23. The predicted octanol–water partition coefficient (Wildman–Crippen LogP) is 0.974. The molecule has 1 radical (unpaired) electrons. The van der Waals surface area contributed by atoms with Crippen LogP contribution in [0.5, 0.6) is 0 Å². The molecule has 2 heteroatoms. The monoisotopic (exact) mass is 115 g/mol. The Labute approximate surface area is 49.8 Å². The second-order valence-corrected chi connectivity index (χ2v) is 2.01. The molecule has 1 rings (SSSR count). The maximum Gasteiger partial charge on any atom is 0.0810 e. The molecule has 1 fully saturated rings. The molecule has 0 bridgehead atoms. The van der Waals surface area contributed by atoms with E-state index in [1.807, 2.05) is 0 Å². The van der Waals surface area contributed by atoms with Crippen LogP contribution in [-0.4, -0.2) is 19.3 Å². The van der Waals surface area contributed by atoms with Gasteiger partial charge in [-0.1, -0.05) is 0 Å². The molecule has 0 N–H and O–H groups in total. The predicted molar refractivity (Wildman–Crippen MR) is 30.3 cm³/mol. The molecule has 0 saturated carbocycles. The average molecular weight is 115 g/mol. The molecule has 47 valence electrons. The molecule has 0 aromatic rings. The van der Waals surface area contributed by atoms with Crippen molar-refractivity contribution in [2.45, 2.75) is 18.9 Å². The van der Waals surface area contributed by atoms with E-state index in [0.717, 1.165) is 26.1 Å². The molecule has 2 nitrogen and oxygen atoms in total. The molecular weight excluding hydrogens is 104 g/mol. The smallest absolute Gasteiger partial charge is 0.0810 e. The summed E-state index contributed by atoms with van der Waals surface area (Å²) in [5.41, 5.74) is 0. The maximum absolute atomic E-state index is 5.11. The summed E-state index contributed by atoms with van der Waals surface area (Å²) >= 11 is 0. The van der Waals surface area contributed by atoms with Gasteiger partial charge in [0.1, 0.15) is 0 Å². The molecule has 1 atom stereocenters. The third kappa shape index (κ3) is 1.46. The Bertz CT molecular complexity index is 57.5. The highest BCUT2D eigenvalue weighted by atomic mass is 16.5. The summed E-state index contributed by atoms with van der Waals surface area (Å²) in [6.45, 7) is 1.61. The molecule has 0 aromatic heterocycles. The van der Waals surface area contributed by atoms with Crippen molar-refractivity contribution in [3.63, 3.8) is 0 Å². The van der Waals surface area contributed by atoms with Gasteiger partial charge in [-0.15, -0.1) is 0 Å². The summed E-state index contributed by atoms with van der Waals surface area (Å²) in [5, 5.41) is 0. The van der Waals surface area contributed by atoms with E-state index >= 15 is 0 Å². The summed E-state index contributed by atoms with van der Waals surface area (Å²) in [7, 11) is 3.33. The molecule has 1 aliphatic heterocycles. The minimum absolute atomic E-state index is 0.253. The first-order valence-corrected chi connectivity index (χ1v) is 2.92. The van der Waals surface area contributed by atoms with Crippen LogP contribution >= 0.6 is 0 Å². The Hall–Kier alpha value is -0.0800. The van der Waals surface area contributed by atoms with Gasteiger partial charge in [-0.05, 0) is 12.8 Å². The Morgan fingerprint density at radius 1 is 1.62 bits per heavy atom. The van der Waals surface area contributed by atoms with Gasteiger partial charge in [0.25, 0.3) is 0 Å². The zero-order valence-electron chi connectivity index (χ0n) is 4.93. The van der Waals surface area contributed by atoms with Gasteiger partial charge >= 0.3 is 0 Å². The molecule has 1 saturated heterocycles. The first-order valence-electron chi connectivity index (χ1n) is 2.92. The highest BCUT2D eigenvalue weighted by Crippen LogP contribution is 2.08. The van der Waals surface area contributed by atoms with Crippen LogP contribution in [0, 0.1) is 7.11 Å². The van der Waals surface area contributed by atoms with Crippen LogP contribution < -0.4 is 0 Å². The molecule has 8 heavy (non-hydrogen) atoms. The van der Waals surface area contributed by atoms with Gasteiger partial charge in [-0.25, -0.2) is 0 Å². The lowest BCUT2D eigenvalue weighted by molar-refractivity contribution is -0.0156. The van der Waals surface area contributed by atoms with Crippen molar-refractivity contribution in [3.05, 3.63) is 7.11 Å². The van der Waals surface area contributed by atoms with E-state index in [4.69, 9.17) is 9.47 Å². The van der Waals surface area contributed by atoms with Crippen LogP contribution in [0.4, 0.5) is 0 Å². The van der Waals surface area contributed by atoms with Crippen molar-refractivity contribution >= 4 is 0 Å². The SMILES string of the molecule is [CH2]O[C@H]1CCCOC1. The largest absolute Gasteiger partial charge is 0.379 e. The fourth-order valence-electron chi connectivity index (χ4n) is 0.843. The van der Waals surface area contributed by atoms with Gasteiger partial charge in [0, 0.05) is 6.61 Å². The summed E-state index contributed by atoms with van der Waals surface area (Å²) in [5.74, 6) is 0. The maximum atomic E-state index is 5.11. The molecule has 1 heterocycles. The number of ether oxygens (including phenoxy) is 2. The average Bonchev–Trinajstić information content (AvgIpc) is 1.90. The standard InChI is InChI=1S/C6H11O2/c1-7-6-3-2-4-8-5-6/h6H,1-5H2/t6-/m0/s1. The molecule has 0 spiro atoms. The first kappa shape index (κ1) is 6.05. The van der Waals surface area contributed by atoms with E-state index in [2.05, 4.69) is 7.11 Å². The Morgan fingerprint density at radius 2 is 2.50 bits per heavy atom. The van der Waals surface area contributed by atoms with Crippen LogP contribution in [0.15, 0.2) is 0 Å². The van der Waals surface area contributed by atoms with E-state index in [0.29, 0.717) is 0 Å². The fraction of sp³-hybridized carbons (Fsp3) is 0.833. The molecule has 0 unspecified atom stereocenters. The summed E-state index contributed by atoms with van der Waals surface area (Å²) in [4.78, 5) is 0. The lowest BCUT2D eigenvalue weighted by atomic mass is 10.2. The van der Waals surface area contributed by atoms with Crippen molar-refractivity contribution in [2.24, 2.45) is 0 Å². The van der Waals surface area contributed by atoms with E-state index in [-0.39, 0.29) is 6.10 Å². The lowest BCUT2D eigenvalue weighted by Gasteiger charge is -2.19. The van der Waals surface area contributed by atoms with Gasteiger partial charge in [-0.3, -0.25) is 0 Å². The molecular formula is C6H11O2. The second kappa shape index (κ2) is 3.05. The van der Waals surface area contributed by atoms with Gasteiger partial charge in [-0.2, -0.15) is 0 Å². The molecule has 1 aliphatic rings. The summed E-state index contributed by atoms with van der Waals surface area (Å²) < 4.78 is 9.92. The number of hydrogen-bond donors (Lipinski definition) is 0. The van der Waals surface area contributed by atoms with E-state index < -0.39 is 0 Å². The van der Waals surface area contributed by atoms with Gasteiger partial charge < -0.3 is 9.47 Å². The van der Waals surface area contributed by atoms with E-state index in [1.54, 1.807) is 0 Å². The Morgan fingerprint density at radius 3 is 2.88 bits per heavy atom. The third-order valence-corrected chi connectivity index (χ3v) is 1.35. The van der Waals surface area contributed by atoms with E-state index in [1.165, 1.54) is 0 Å².